The predicted octanol–water partition coefficient (Wildman–Crippen LogP) is 4.40. The van der Waals surface area contributed by atoms with E-state index >= 15 is 0 Å². The highest BCUT2D eigenvalue weighted by Crippen LogP contribution is 2.26. The predicted molar refractivity (Wildman–Crippen MR) is 144 cm³/mol. The van der Waals surface area contributed by atoms with E-state index in [1.807, 2.05) is 67.6 Å². The Bertz CT molecular complexity index is 1220. The zero-order valence-electron chi connectivity index (χ0n) is 21.1. The second-order valence-electron chi connectivity index (χ2n) is 8.70. The summed E-state index contributed by atoms with van der Waals surface area (Å²) in [4.78, 5) is 26.5. The monoisotopic (exact) mass is 504 g/mol. The van der Waals surface area contributed by atoms with Crippen LogP contribution < -0.4 is 20.7 Å². The minimum Gasteiger partial charge on any atom is -0.496 e. The van der Waals surface area contributed by atoms with Crippen LogP contribution >= 0.6 is 0 Å². The first-order valence-corrected chi connectivity index (χ1v) is 12.2. The van der Waals surface area contributed by atoms with Crippen LogP contribution in [0.15, 0.2) is 72.8 Å². The fourth-order valence-corrected chi connectivity index (χ4v) is 3.93. The molecule has 3 rings (SSSR count). The van der Waals surface area contributed by atoms with Gasteiger partial charge in [0.15, 0.2) is 0 Å². The van der Waals surface area contributed by atoms with Crippen molar-refractivity contribution in [3.63, 3.8) is 0 Å². The number of hydrogen-bond acceptors (Lipinski definition) is 4. The first-order chi connectivity index (χ1) is 17.9. The summed E-state index contributed by atoms with van der Waals surface area (Å²) in [7, 11) is 1.49. The minimum absolute atomic E-state index is 0.216. The molecule has 0 saturated heterocycles. The van der Waals surface area contributed by atoms with Crippen LogP contribution in [0.1, 0.15) is 34.3 Å². The molecule has 0 aliphatic carbocycles. The highest BCUT2D eigenvalue weighted by molar-refractivity contribution is 6.00. The van der Waals surface area contributed by atoms with E-state index in [1.165, 1.54) is 7.11 Å². The molecule has 0 spiro atoms. The Morgan fingerprint density at radius 3 is 2.46 bits per heavy atom. The molecule has 194 valence electrons. The lowest BCUT2D eigenvalue weighted by molar-refractivity contribution is -0.123. The number of ether oxygens (including phenoxy) is 1. The molecule has 0 heterocycles. The Morgan fingerprint density at radius 1 is 0.973 bits per heavy atom. The third-order valence-corrected chi connectivity index (χ3v) is 5.86. The van der Waals surface area contributed by atoms with Crippen LogP contribution in [0.3, 0.4) is 0 Å². The largest absolute Gasteiger partial charge is 0.496 e. The van der Waals surface area contributed by atoms with E-state index in [1.54, 1.807) is 12.1 Å². The number of benzene rings is 3. The average Bonchev–Trinajstić information content (AvgIpc) is 2.93. The molecule has 3 aromatic carbocycles. The van der Waals surface area contributed by atoms with Crippen LogP contribution in [0.5, 0.6) is 5.75 Å². The minimum atomic E-state index is -0.880. The maximum absolute atomic E-state index is 13.4. The molecule has 2 amide bonds. The van der Waals surface area contributed by atoms with Crippen LogP contribution in [0.2, 0.25) is 0 Å². The van der Waals surface area contributed by atoms with Gasteiger partial charge in [-0.3, -0.25) is 15.0 Å². The number of amidine groups is 1. The molecule has 37 heavy (non-hydrogen) atoms. The van der Waals surface area contributed by atoms with E-state index < -0.39 is 18.6 Å². The zero-order chi connectivity index (χ0) is 26.6. The van der Waals surface area contributed by atoms with Gasteiger partial charge in [-0.25, -0.2) is 4.39 Å². The standard InChI is InChI=1S/C29H33FN4O3/c1-20-8-6-9-21(16-20)19-33-29(36)25(12-7-15-32-27(31)18-30)34-28(35)24-17-23(13-14-26(24)37-2)22-10-4-3-5-11-22/h3-6,8-11,13-14,16-17,25H,7,12,15,18-19H2,1-2H3,(H2,31,32)(H,33,36)(H,34,35)/t25-/m0/s1. The summed E-state index contributed by atoms with van der Waals surface area (Å²) in [6, 6.07) is 22.0. The Morgan fingerprint density at radius 2 is 1.76 bits per heavy atom. The average molecular weight is 505 g/mol. The van der Waals surface area contributed by atoms with Crippen LogP contribution in [0.25, 0.3) is 11.1 Å². The van der Waals surface area contributed by atoms with Crippen LogP contribution in [0, 0.1) is 12.3 Å². The number of alkyl halides is 1. The second-order valence-corrected chi connectivity index (χ2v) is 8.70. The summed E-state index contributed by atoms with van der Waals surface area (Å²) >= 11 is 0. The van der Waals surface area contributed by atoms with Crippen molar-refractivity contribution >= 4 is 17.6 Å². The van der Waals surface area contributed by atoms with Crippen molar-refractivity contribution in [2.45, 2.75) is 32.4 Å². The molecule has 0 aliphatic rings. The molecule has 8 heteroatoms. The number of carbonyl (C=O) groups is 2. The molecule has 4 N–H and O–H groups in total. The molecule has 0 radical (unpaired) electrons. The van der Waals surface area contributed by atoms with E-state index in [0.717, 1.165) is 22.3 Å². The Balaban J connectivity index is 1.76. The lowest BCUT2D eigenvalue weighted by Gasteiger charge is -2.20. The van der Waals surface area contributed by atoms with Gasteiger partial charge in [0.2, 0.25) is 5.91 Å². The van der Waals surface area contributed by atoms with Crippen LogP contribution in [-0.4, -0.2) is 44.0 Å². The lowest BCUT2D eigenvalue weighted by atomic mass is 10.0. The van der Waals surface area contributed by atoms with Gasteiger partial charge in [0.1, 0.15) is 24.3 Å². The SMILES string of the molecule is COc1ccc(-c2ccccc2)cc1C(=O)N[C@@H](CCCNC(=N)CF)C(=O)NCc1cccc(C)c1. The number of hydrogen-bond donors (Lipinski definition) is 4. The van der Waals surface area contributed by atoms with Gasteiger partial charge in [0, 0.05) is 13.1 Å². The van der Waals surface area contributed by atoms with E-state index in [4.69, 9.17) is 10.1 Å². The number of carbonyl (C=O) groups excluding carboxylic acids is 2. The topological polar surface area (TPSA) is 103 Å². The summed E-state index contributed by atoms with van der Waals surface area (Å²) in [6.07, 6.45) is 0.755. The number of rotatable bonds is 12. The van der Waals surface area contributed by atoms with E-state index in [0.29, 0.717) is 37.2 Å². The first kappa shape index (κ1) is 27.4. The third kappa shape index (κ3) is 8.17. The summed E-state index contributed by atoms with van der Waals surface area (Å²) < 4.78 is 18.0. The summed E-state index contributed by atoms with van der Waals surface area (Å²) in [5.74, 6) is -0.579. The Labute approximate surface area is 216 Å². The molecule has 0 aliphatic heterocycles. The quantitative estimate of drug-likeness (QED) is 0.167. The molecule has 7 nitrogen and oxygen atoms in total. The summed E-state index contributed by atoms with van der Waals surface area (Å²) in [5.41, 5.74) is 4.16. The van der Waals surface area contributed by atoms with Gasteiger partial charge in [-0.2, -0.15) is 0 Å². The normalized spacial score (nSPS) is 11.3. The maximum Gasteiger partial charge on any atom is 0.255 e. The number of halogens is 1. The molecule has 3 aromatic rings. The van der Waals surface area contributed by atoms with Crippen molar-refractivity contribution in [1.82, 2.24) is 16.0 Å². The van der Waals surface area contributed by atoms with Gasteiger partial charge in [-0.15, -0.1) is 0 Å². The van der Waals surface area contributed by atoms with Crippen molar-refractivity contribution < 1.29 is 18.7 Å². The van der Waals surface area contributed by atoms with Crippen molar-refractivity contribution in [2.75, 3.05) is 20.3 Å². The number of nitrogens with one attached hydrogen (secondary N) is 4. The van der Waals surface area contributed by atoms with Crippen LogP contribution in [0.4, 0.5) is 4.39 Å². The van der Waals surface area contributed by atoms with E-state index in [9.17, 15) is 14.0 Å². The fourth-order valence-electron chi connectivity index (χ4n) is 3.93. The molecule has 0 fully saturated rings. The van der Waals surface area contributed by atoms with Crippen molar-refractivity contribution in [3.05, 3.63) is 89.5 Å². The molecular formula is C29H33FN4O3. The van der Waals surface area contributed by atoms with Crippen molar-refractivity contribution in [2.24, 2.45) is 0 Å². The zero-order valence-corrected chi connectivity index (χ0v) is 21.1. The number of methoxy groups -OCH3 is 1. The third-order valence-electron chi connectivity index (χ3n) is 5.86. The first-order valence-electron chi connectivity index (χ1n) is 12.2. The van der Waals surface area contributed by atoms with Gasteiger partial charge in [-0.05, 0) is 48.6 Å². The summed E-state index contributed by atoms with van der Waals surface area (Å²) in [5, 5.41) is 15.8. The number of amides is 2. The second kappa shape index (κ2) is 13.8. The number of aryl methyl sites for hydroxylation is 1. The molecule has 1 atom stereocenters. The van der Waals surface area contributed by atoms with Gasteiger partial charge in [-0.1, -0.05) is 66.2 Å². The highest BCUT2D eigenvalue weighted by atomic mass is 19.1. The maximum atomic E-state index is 13.4. The molecule has 0 unspecified atom stereocenters. The lowest BCUT2D eigenvalue weighted by Crippen LogP contribution is -2.47. The smallest absolute Gasteiger partial charge is 0.255 e. The highest BCUT2D eigenvalue weighted by Gasteiger charge is 2.23. The van der Waals surface area contributed by atoms with Crippen molar-refractivity contribution in [1.29, 1.82) is 5.41 Å². The van der Waals surface area contributed by atoms with E-state index in [-0.39, 0.29) is 11.7 Å². The molecule has 0 saturated carbocycles. The summed E-state index contributed by atoms with van der Waals surface area (Å²) in [6.45, 7) is 1.74. The van der Waals surface area contributed by atoms with Gasteiger partial charge >= 0.3 is 0 Å². The Kier molecular flexibility index (Phi) is 10.2. The molecule has 0 aromatic heterocycles. The van der Waals surface area contributed by atoms with Gasteiger partial charge in [0.25, 0.3) is 5.91 Å². The Hall–Kier alpha value is -4.20. The molecule has 0 bridgehead atoms. The molecular weight excluding hydrogens is 471 g/mol. The van der Waals surface area contributed by atoms with Gasteiger partial charge in [0.05, 0.1) is 12.7 Å². The van der Waals surface area contributed by atoms with Gasteiger partial charge < -0.3 is 20.7 Å². The fraction of sp³-hybridized carbons (Fsp3) is 0.276. The van der Waals surface area contributed by atoms with Crippen molar-refractivity contribution in [3.8, 4) is 16.9 Å². The van der Waals surface area contributed by atoms with E-state index in [2.05, 4.69) is 16.0 Å². The van der Waals surface area contributed by atoms with Crippen LogP contribution in [-0.2, 0) is 11.3 Å².